The van der Waals surface area contributed by atoms with E-state index in [1.54, 1.807) is 18.3 Å². The second-order valence-electron chi connectivity index (χ2n) is 7.88. The van der Waals surface area contributed by atoms with Crippen molar-refractivity contribution in [1.82, 2.24) is 19.5 Å². The lowest BCUT2D eigenvalue weighted by Gasteiger charge is -2.16. The summed E-state index contributed by atoms with van der Waals surface area (Å²) in [5.41, 5.74) is 0.803. The molecule has 2 N–H and O–H groups in total. The summed E-state index contributed by atoms with van der Waals surface area (Å²) in [4.78, 5) is 49.2. The van der Waals surface area contributed by atoms with Gasteiger partial charge in [-0.25, -0.2) is 14.8 Å². The van der Waals surface area contributed by atoms with Gasteiger partial charge in [-0.15, -0.1) is 0 Å². The SMILES string of the molecule is Cc1ccnc(NC(=O)c2cc(C(C)C)nc3c2c(=O)[nH]c(=O)n3CC(C)C)c1. The Morgan fingerprint density at radius 3 is 2.55 bits per heavy atom. The first-order valence-electron chi connectivity index (χ1n) is 9.59. The molecule has 0 spiro atoms. The van der Waals surface area contributed by atoms with E-state index in [1.165, 1.54) is 4.57 Å². The molecule has 0 unspecified atom stereocenters. The fraction of sp³-hybridized carbons (Fsp3) is 0.381. The number of H-pyrrole nitrogens is 1. The van der Waals surface area contributed by atoms with Crippen LogP contribution in [0.25, 0.3) is 11.0 Å². The molecule has 0 aliphatic heterocycles. The Morgan fingerprint density at radius 1 is 1.21 bits per heavy atom. The van der Waals surface area contributed by atoms with Crippen LogP contribution in [0.1, 0.15) is 55.2 Å². The van der Waals surface area contributed by atoms with Crippen molar-refractivity contribution in [1.29, 1.82) is 0 Å². The highest BCUT2D eigenvalue weighted by molar-refractivity contribution is 6.11. The monoisotopic (exact) mass is 395 g/mol. The van der Waals surface area contributed by atoms with E-state index in [0.717, 1.165) is 5.56 Å². The Kier molecular flexibility index (Phi) is 5.63. The van der Waals surface area contributed by atoms with Gasteiger partial charge in [-0.2, -0.15) is 0 Å². The number of pyridine rings is 2. The molecule has 0 aliphatic rings. The number of rotatable bonds is 5. The summed E-state index contributed by atoms with van der Waals surface area (Å²) in [6, 6.07) is 5.17. The summed E-state index contributed by atoms with van der Waals surface area (Å²) in [6.07, 6.45) is 1.60. The number of fused-ring (bicyclic) bond motifs is 1. The van der Waals surface area contributed by atoms with Crippen molar-refractivity contribution in [3.8, 4) is 0 Å². The first kappa shape index (κ1) is 20.4. The molecule has 152 valence electrons. The zero-order valence-electron chi connectivity index (χ0n) is 17.2. The van der Waals surface area contributed by atoms with E-state index < -0.39 is 17.2 Å². The second-order valence-corrected chi connectivity index (χ2v) is 7.88. The van der Waals surface area contributed by atoms with Crippen LogP contribution in [-0.2, 0) is 6.54 Å². The number of aromatic nitrogens is 4. The van der Waals surface area contributed by atoms with Crippen LogP contribution in [0.15, 0.2) is 34.0 Å². The van der Waals surface area contributed by atoms with Crippen molar-refractivity contribution in [2.75, 3.05) is 5.32 Å². The molecule has 29 heavy (non-hydrogen) atoms. The highest BCUT2D eigenvalue weighted by Gasteiger charge is 2.21. The molecule has 3 aromatic rings. The number of hydrogen-bond acceptors (Lipinski definition) is 5. The number of carbonyl (C=O) groups is 1. The van der Waals surface area contributed by atoms with Gasteiger partial charge in [0.2, 0.25) is 0 Å². The van der Waals surface area contributed by atoms with Crippen LogP contribution in [-0.4, -0.2) is 25.4 Å². The van der Waals surface area contributed by atoms with E-state index in [4.69, 9.17) is 0 Å². The van der Waals surface area contributed by atoms with Crippen LogP contribution >= 0.6 is 0 Å². The molecule has 0 fully saturated rings. The van der Waals surface area contributed by atoms with Crippen LogP contribution in [0.3, 0.4) is 0 Å². The van der Waals surface area contributed by atoms with E-state index in [-0.39, 0.29) is 28.4 Å². The zero-order chi connectivity index (χ0) is 21.3. The standard InChI is InChI=1S/C21H25N5O3/c1-11(2)10-26-18-17(20(28)25-21(26)29)14(9-15(23-18)12(3)4)19(27)24-16-8-13(5)6-7-22-16/h6-9,11-12H,10H2,1-5H3,(H,22,24,27)(H,25,28,29). The van der Waals surface area contributed by atoms with Crippen molar-refractivity contribution in [3.63, 3.8) is 0 Å². The number of aromatic amines is 1. The maximum absolute atomic E-state index is 13.1. The quantitative estimate of drug-likeness (QED) is 0.690. The Morgan fingerprint density at radius 2 is 1.93 bits per heavy atom. The Bertz CT molecular complexity index is 1190. The molecular weight excluding hydrogens is 370 g/mol. The van der Waals surface area contributed by atoms with Gasteiger partial charge in [-0.1, -0.05) is 27.7 Å². The molecule has 0 bridgehead atoms. The summed E-state index contributed by atoms with van der Waals surface area (Å²) in [5.74, 6) is 0.0700. The molecule has 0 atom stereocenters. The van der Waals surface area contributed by atoms with E-state index in [0.29, 0.717) is 18.1 Å². The number of nitrogens with one attached hydrogen (secondary N) is 2. The summed E-state index contributed by atoms with van der Waals surface area (Å²) in [5, 5.41) is 2.84. The summed E-state index contributed by atoms with van der Waals surface area (Å²) < 4.78 is 1.43. The minimum atomic E-state index is -0.629. The highest BCUT2D eigenvalue weighted by atomic mass is 16.2. The fourth-order valence-electron chi connectivity index (χ4n) is 3.09. The van der Waals surface area contributed by atoms with Gasteiger partial charge in [0.05, 0.1) is 10.9 Å². The summed E-state index contributed by atoms with van der Waals surface area (Å²) >= 11 is 0. The third-order valence-corrected chi connectivity index (χ3v) is 4.51. The third-order valence-electron chi connectivity index (χ3n) is 4.51. The molecule has 0 aliphatic carbocycles. The fourth-order valence-corrected chi connectivity index (χ4v) is 3.09. The maximum atomic E-state index is 13.1. The van der Waals surface area contributed by atoms with Gasteiger partial charge < -0.3 is 5.32 Å². The smallest absolute Gasteiger partial charge is 0.307 e. The zero-order valence-corrected chi connectivity index (χ0v) is 17.2. The van der Waals surface area contributed by atoms with Gasteiger partial charge in [-0.3, -0.25) is 19.1 Å². The normalized spacial score (nSPS) is 11.4. The third kappa shape index (κ3) is 4.26. The van der Waals surface area contributed by atoms with Crippen molar-refractivity contribution >= 4 is 22.8 Å². The van der Waals surface area contributed by atoms with E-state index in [1.807, 2.05) is 40.7 Å². The lowest BCUT2D eigenvalue weighted by molar-refractivity contribution is 0.102. The number of carbonyl (C=O) groups excluding carboxylic acids is 1. The largest absolute Gasteiger partial charge is 0.330 e. The molecule has 1 amide bonds. The second kappa shape index (κ2) is 7.98. The minimum Gasteiger partial charge on any atom is -0.307 e. The van der Waals surface area contributed by atoms with Crippen LogP contribution in [0.4, 0.5) is 5.82 Å². The lowest BCUT2D eigenvalue weighted by atomic mass is 10.0. The van der Waals surface area contributed by atoms with Crippen molar-refractivity contribution in [2.24, 2.45) is 5.92 Å². The average molecular weight is 395 g/mol. The minimum absolute atomic E-state index is 0.00457. The molecule has 3 heterocycles. The number of anilines is 1. The average Bonchev–Trinajstić information content (AvgIpc) is 2.63. The molecule has 8 heteroatoms. The number of amides is 1. The molecule has 0 aromatic carbocycles. The summed E-state index contributed by atoms with van der Waals surface area (Å²) in [7, 11) is 0. The lowest BCUT2D eigenvalue weighted by Crippen LogP contribution is -2.33. The topological polar surface area (TPSA) is 110 Å². The van der Waals surface area contributed by atoms with Gasteiger partial charge in [0.1, 0.15) is 5.82 Å². The molecule has 8 nitrogen and oxygen atoms in total. The summed E-state index contributed by atoms with van der Waals surface area (Å²) in [6.45, 7) is 10.1. The Labute approximate surface area is 168 Å². The van der Waals surface area contributed by atoms with Gasteiger partial charge >= 0.3 is 5.69 Å². The maximum Gasteiger partial charge on any atom is 0.330 e. The molecule has 3 rings (SSSR count). The van der Waals surface area contributed by atoms with Crippen LogP contribution in [0, 0.1) is 12.8 Å². The van der Waals surface area contributed by atoms with Crippen LogP contribution in [0.2, 0.25) is 0 Å². The van der Waals surface area contributed by atoms with Crippen LogP contribution in [0.5, 0.6) is 0 Å². The highest BCUT2D eigenvalue weighted by Crippen LogP contribution is 2.21. The molecule has 3 aromatic heterocycles. The van der Waals surface area contributed by atoms with E-state index in [9.17, 15) is 14.4 Å². The van der Waals surface area contributed by atoms with Crippen molar-refractivity contribution in [3.05, 3.63) is 62.1 Å². The van der Waals surface area contributed by atoms with Gasteiger partial charge in [0, 0.05) is 18.4 Å². The number of hydrogen-bond donors (Lipinski definition) is 2. The predicted molar refractivity (Wildman–Crippen MR) is 112 cm³/mol. The van der Waals surface area contributed by atoms with Gasteiger partial charge in [-0.05, 0) is 42.5 Å². The van der Waals surface area contributed by atoms with Crippen molar-refractivity contribution < 1.29 is 4.79 Å². The van der Waals surface area contributed by atoms with Crippen LogP contribution < -0.4 is 16.6 Å². The van der Waals surface area contributed by atoms with E-state index >= 15 is 0 Å². The first-order chi connectivity index (χ1) is 13.7. The number of nitrogens with zero attached hydrogens (tertiary/aromatic N) is 3. The predicted octanol–water partition coefficient (Wildman–Crippen LogP) is 2.82. The van der Waals surface area contributed by atoms with Gasteiger partial charge in [0.25, 0.3) is 11.5 Å². The molecule has 0 saturated carbocycles. The van der Waals surface area contributed by atoms with E-state index in [2.05, 4.69) is 20.3 Å². The molecule has 0 saturated heterocycles. The first-order valence-corrected chi connectivity index (χ1v) is 9.59. The number of aryl methyl sites for hydroxylation is 1. The Balaban J connectivity index is 2.26. The van der Waals surface area contributed by atoms with Crippen molar-refractivity contribution in [2.45, 2.75) is 47.1 Å². The van der Waals surface area contributed by atoms with Gasteiger partial charge in [0.15, 0.2) is 5.65 Å². The molecular formula is C21H25N5O3. The molecule has 0 radical (unpaired) electrons. The Hall–Kier alpha value is -3.29.